The van der Waals surface area contributed by atoms with Crippen molar-refractivity contribution in [1.82, 2.24) is 0 Å². The fourth-order valence-electron chi connectivity index (χ4n) is 4.07. The quantitative estimate of drug-likeness (QED) is 0.635. The number of halogens is 3. The fourth-order valence-corrected chi connectivity index (χ4v) is 4.65. The van der Waals surface area contributed by atoms with E-state index in [0.29, 0.717) is 29.6 Å². The summed E-state index contributed by atoms with van der Waals surface area (Å²) >= 11 is 12.9. The van der Waals surface area contributed by atoms with Crippen LogP contribution in [0.15, 0.2) is 24.3 Å². The molecule has 2 aliphatic heterocycles. The highest BCUT2D eigenvalue weighted by atomic mass is 35.5. The highest BCUT2D eigenvalue weighted by Gasteiger charge is 2.58. The van der Waals surface area contributed by atoms with Crippen molar-refractivity contribution < 1.29 is 23.2 Å². The molecule has 3 aliphatic rings. The molecule has 2 aromatic carbocycles. The van der Waals surface area contributed by atoms with Gasteiger partial charge in [0.2, 0.25) is 5.91 Å². The molecule has 31 heavy (non-hydrogen) atoms. The van der Waals surface area contributed by atoms with Gasteiger partial charge in [0.1, 0.15) is 0 Å². The molecule has 2 aromatic rings. The first-order valence-corrected chi connectivity index (χ1v) is 10.9. The molecule has 5 nitrogen and oxygen atoms in total. The summed E-state index contributed by atoms with van der Waals surface area (Å²) in [6.07, 6.45) is 1.24. The summed E-state index contributed by atoms with van der Waals surface area (Å²) in [5.74, 6) is -0.643. The second-order valence-corrected chi connectivity index (χ2v) is 10.2. The van der Waals surface area contributed by atoms with Crippen LogP contribution in [0.1, 0.15) is 46.1 Å². The molecule has 0 unspecified atom stereocenters. The number of anilines is 1. The molecule has 1 saturated heterocycles. The second-order valence-electron chi connectivity index (χ2n) is 9.34. The first kappa shape index (κ1) is 21.1. The number of hydrogen-bond donors (Lipinski definition) is 1. The Labute approximate surface area is 190 Å². The molecule has 9 heteroatoms. The van der Waals surface area contributed by atoms with Gasteiger partial charge in [-0.3, -0.25) is 4.79 Å². The minimum atomic E-state index is -0.771. The maximum atomic E-state index is 15.3. The largest absolute Gasteiger partial charge is 0.494 e. The molecule has 2 heterocycles. The van der Waals surface area contributed by atoms with E-state index in [1.807, 2.05) is 27.7 Å². The van der Waals surface area contributed by atoms with E-state index in [0.717, 1.165) is 0 Å². The maximum Gasteiger partial charge on any atom is 0.494 e. The molecule has 1 amide bonds. The topological polar surface area (TPSA) is 56.8 Å². The standard InChI is InChI=1S/C22H21BCl2FNO4/c1-20(2)21(3,4)31-23(30-20)11-9-12(24)18(13(25)10-11)29-15-6-5-14-16(17(15)26)22(7-8-22)19(28)27-14/h5-6,9-10H,7-8H2,1-4H3,(H,27,28). The first-order chi connectivity index (χ1) is 14.4. The number of benzene rings is 2. The second kappa shape index (κ2) is 6.61. The van der Waals surface area contributed by atoms with Gasteiger partial charge in [0.25, 0.3) is 0 Å². The Kier molecular flexibility index (Phi) is 4.49. The lowest BCUT2D eigenvalue weighted by Crippen LogP contribution is -2.41. The third-order valence-corrected chi connectivity index (χ3v) is 7.34. The minimum absolute atomic E-state index is 0.0336. The molecule has 0 bridgehead atoms. The first-order valence-electron chi connectivity index (χ1n) is 10.1. The number of rotatable bonds is 3. The van der Waals surface area contributed by atoms with Crippen molar-refractivity contribution in [1.29, 1.82) is 0 Å². The van der Waals surface area contributed by atoms with E-state index in [4.69, 9.17) is 37.2 Å². The van der Waals surface area contributed by atoms with Crippen molar-refractivity contribution in [3.8, 4) is 11.5 Å². The molecule has 1 aliphatic carbocycles. The van der Waals surface area contributed by atoms with Crippen LogP contribution in [0.4, 0.5) is 10.1 Å². The van der Waals surface area contributed by atoms with Gasteiger partial charge in [-0.25, -0.2) is 4.39 Å². The zero-order chi connectivity index (χ0) is 22.3. The van der Waals surface area contributed by atoms with E-state index >= 15 is 4.39 Å². The summed E-state index contributed by atoms with van der Waals surface area (Å²) in [6.45, 7) is 7.82. The predicted molar refractivity (Wildman–Crippen MR) is 118 cm³/mol. The average molecular weight is 464 g/mol. The highest BCUT2D eigenvalue weighted by Crippen LogP contribution is 2.57. The monoisotopic (exact) mass is 463 g/mol. The van der Waals surface area contributed by atoms with Gasteiger partial charge < -0.3 is 19.4 Å². The van der Waals surface area contributed by atoms with Crippen LogP contribution in [0.2, 0.25) is 10.0 Å². The number of amides is 1. The van der Waals surface area contributed by atoms with Gasteiger partial charge >= 0.3 is 7.12 Å². The number of nitrogens with one attached hydrogen (secondary N) is 1. The molecule has 0 aromatic heterocycles. The van der Waals surface area contributed by atoms with Crippen molar-refractivity contribution >= 4 is 47.4 Å². The Morgan fingerprint density at radius 1 is 1.06 bits per heavy atom. The average Bonchev–Trinajstić information content (AvgIpc) is 3.35. The number of hydrogen-bond acceptors (Lipinski definition) is 4. The lowest BCUT2D eigenvalue weighted by molar-refractivity contribution is -0.117. The molecular formula is C22H21BCl2FNO4. The molecule has 0 atom stereocenters. The molecular weight excluding hydrogens is 443 g/mol. The lowest BCUT2D eigenvalue weighted by atomic mass is 9.79. The molecule has 5 rings (SSSR count). The van der Waals surface area contributed by atoms with Gasteiger partial charge in [-0.15, -0.1) is 0 Å². The van der Waals surface area contributed by atoms with Crippen molar-refractivity contribution in [2.24, 2.45) is 0 Å². The van der Waals surface area contributed by atoms with Crippen LogP contribution in [0.3, 0.4) is 0 Å². The normalized spacial score (nSPS) is 21.9. The number of carbonyl (C=O) groups excluding carboxylic acids is 1. The van der Waals surface area contributed by atoms with Crippen LogP contribution in [0, 0.1) is 5.82 Å². The third kappa shape index (κ3) is 3.09. The van der Waals surface area contributed by atoms with E-state index in [1.54, 1.807) is 18.2 Å². The summed E-state index contributed by atoms with van der Waals surface area (Å²) < 4.78 is 33.2. The van der Waals surface area contributed by atoms with E-state index in [1.165, 1.54) is 6.07 Å². The smallest absolute Gasteiger partial charge is 0.451 e. The molecule has 1 saturated carbocycles. The SMILES string of the molecule is CC1(C)OB(c2cc(Cl)c(Oc3ccc4c(c3F)C3(CC3)C(=O)N4)c(Cl)c2)OC1(C)C. The third-order valence-electron chi connectivity index (χ3n) is 6.78. The number of ether oxygens (including phenoxy) is 1. The summed E-state index contributed by atoms with van der Waals surface area (Å²) in [5, 5.41) is 3.14. The molecule has 1 N–H and O–H groups in total. The van der Waals surface area contributed by atoms with Gasteiger partial charge in [0.05, 0.1) is 26.7 Å². The lowest BCUT2D eigenvalue weighted by Gasteiger charge is -2.32. The van der Waals surface area contributed by atoms with E-state index < -0.39 is 29.6 Å². The Hall–Kier alpha value is -1.80. The molecule has 162 valence electrons. The molecule has 2 fully saturated rings. The van der Waals surface area contributed by atoms with Gasteiger partial charge in [-0.05, 0) is 70.3 Å². The Morgan fingerprint density at radius 2 is 1.65 bits per heavy atom. The van der Waals surface area contributed by atoms with Crippen LogP contribution < -0.4 is 15.5 Å². The van der Waals surface area contributed by atoms with Crippen LogP contribution in [0.5, 0.6) is 11.5 Å². The summed E-state index contributed by atoms with van der Waals surface area (Å²) in [4.78, 5) is 12.2. The van der Waals surface area contributed by atoms with Crippen molar-refractivity contribution in [2.75, 3.05) is 5.32 Å². The van der Waals surface area contributed by atoms with Gasteiger partial charge in [0, 0.05) is 11.3 Å². The van der Waals surface area contributed by atoms with Gasteiger partial charge in [-0.1, -0.05) is 23.2 Å². The highest BCUT2D eigenvalue weighted by molar-refractivity contribution is 6.63. The van der Waals surface area contributed by atoms with Crippen molar-refractivity contribution in [3.63, 3.8) is 0 Å². The Balaban J connectivity index is 1.46. The fraction of sp³-hybridized carbons (Fsp3) is 0.409. The summed E-state index contributed by atoms with van der Waals surface area (Å²) in [5.41, 5.74) is -0.306. The van der Waals surface area contributed by atoms with Gasteiger partial charge in [0.15, 0.2) is 17.3 Å². The van der Waals surface area contributed by atoms with E-state index in [2.05, 4.69) is 5.32 Å². The maximum absolute atomic E-state index is 15.3. The zero-order valence-electron chi connectivity index (χ0n) is 17.6. The van der Waals surface area contributed by atoms with Crippen LogP contribution >= 0.6 is 23.2 Å². The summed E-state index contributed by atoms with van der Waals surface area (Å²) in [6, 6.07) is 6.39. The van der Waals surface area contributed by atoms with Crippen molar-refractivity contribution in [3.05, 3.63) is 45.7 Å². The number of fused-ring (bicyclic) bond motifs is 2. The Morgan fingerprint density at radius 3 is 2.19 bits per heavy atom. The van der Waals surface area contributed by atoms with Crippen LogP contribution in [-0.2, 0) is 19.5 Å². The van der Waals surface area contributed by atoms with E-state index in [9.17, 15) is 4.79 Å². The summed E-state index contributed by atoms with van der Waals surface area (Å²) in [7, 11) is -0.641. The van der Waals surface area contributed by atoms with Crippen LogP contribution in [0.25, 0.3) is 0 Å². The molecule has 0 radical (unpaired) electrons. The van der Waals surface area contributed by atoms with Gasteiger partial charge in [-0.2, -0.15) is 0 Å². The number of carbonyl (C=O) groups is 1. The minimum Gasteiger partial charge on any atom is -0.451 e. The van der Waals surface area contributed by atoms with Crippen LogP contribution in [-0.4, -0.2) is 24.2 Å². The van der Waals surface area contributed by atoms with E-state index in [-0.39, 0.29) is 27.5 Å². The molecule has 1 spiro atoms. The van der Waals surface area contributed by atoms with Crippen molar-refractivity contribution in [2.45, 2.75) is 57.2 Å². The predicted octanol–water partition coefficient (Wildman–Crippen LogP) is 5.21. The zero-order valence-corrected chi connectivity index (χ0v) is 19.1. The Bertz CT molecular complexity index is 1090.